The van der Waals surface area contributed by atoms with Gasteiger partial charge in [-0.05, 0) is 36.8 Å². The molecule has 2 aromatic rings. The molecule has 0 amide bonds. The van der Waals surface area contributed by atoms with Crippen molar-refractivity contribution in [3.8, 4) is 0 Å². The number of halogens is 1. The maximum absolute atomic E-state index is 13.1. The van der Waals surface area contributed by atoms with Gasteiger partial charge >= 0.3 is 0 Å². The molecule has 0 spiro atoms. The second-order valence-electron chi connectivity index (χ2n) is 4.35. The molecule has 18 heavy (non-hydrogen) atoms. The topological polar surface area (TPSA) is 42.1 Å². The number of benzene rings is 1. The summed E-state index contributed by atoms with van der Waals surface area (Å²) in [4.78, 5) is 6.31. The van der Waals surface area contributed by atoms with Gasteiger partial charge in [0.25, 0.3) is 0 Å². The Balaban J connectivity index is 2.21. The number of pyridine rings is 1. The van der Waals surface area contributed by atoms with Crippen molar-refractivity contribution in [2.24, 2.45) is 0 Å². The van der Waals surface area contributed by atoms with Gasteiger partial charge in [-0.25, -0.2) is 9.37 Å². The van der Waals surface area contributed by atoms with Crippen LogP contribution in [0.25, 0.3) is 0 Å². The molecule has 0 aliphatic carbocycles. The summed E-state index contributed by atoms with van der Waals surface area (Å²) >= 11 is 0. The zero-order chi connectivity index (χ0) is 13.1. The van der Waals surface area contributed by atoms with Crippen LogP contribution in [-0.4, -0.2) is 12.0 Å². The van der Waals surface area contributed by atoms with Gasteiger partial charge in [0.15, 0.2) is 5.82 Å². The molecule has 0 atom stereocenters. The quantitative estimate of drug-likeness (QED) is 0.904. The summed E-state index contributed by atoms with van der Waals surface area (Å²) in [6.45, 7) is 2.48. The third kappa shape index (κ3) is 2.77. The van der Waals surface area contributed by atoms with E-state index in [1.54, 1.807) is 6.07 Å². The molecule has 0 aliphatic heterocycles. The molecular weight excluding hydrogens is 229 g/mol. The van der Waals surface area contributed by atoms with Gasteiger partial charge in [-0.1, -0.05) is 12.1 Å². The molecule has 1 heterocycles. The molecule has 0 bridgehead atoms. The van der Waals surface area contributed by atoms with E-state index < -0.39 is 0 Å². The Bertz CT molecular complexity index is 554. The van der Waals surface area contributed by atoms with E-state index in [-0.39, 0.29) is 5.82 Å². The number of hydrogen-bond acceptors (Lipinski definition) is 3. The number of hydrogen-bond donors (Lipinski definition) is 1. The van der Waals surface area contributed by atoms with Crippen molar-refractivity contribution in [2.75, 3.05) is 17.7 Å². The molecule has 2 rings (SSSR count). The molecule has 0 unspecified atom stereocenters. The van der Waals surface area contributed by atoms with Gasteiger partial charge in [-0.15, -0.1) is 0 Å². The minimum atomic E-state index is -0.230. The van der Waals surface area contributed by atoms with Gasteiger partial charge in [0.2, 0.25) is 0 Å². The van der Waals surface area contributed by atoms with Gasteiger partial charge in [-0.2, -0.15) is 0 Å². The Morgan fingerprint density at radius 2 is 2.06 bits per heavy atom. The second kappa shape index (κ2) is 5.04. The zero-order valence-corrected chi connectivity index (χ0v) is 10.5. The largest absolute Gasteiger partial charge is 0.396 e. The standard InChI is InChI=1S/C14H16FN3/c1-10-6-7-13(16)14(17-10)18(2)9-11-4-3-5-12(15)8-11/h3-8H,9,16H2,1-2H3. The van der Waals surface area contributed by atoms with Crippen LogP contribution in [0, 0.1) is 12.7 Å². The average molecular weight is 245 g/mol. The molecule has 4 heteroatoms. The number of nitrogens with zero attached hydrogens (tertiary/aromatic N) is 2. The zero-order valence-electron chi connectivity index (χ0n) is 10.5. The van der Waals surface area contributed by atoms with E-state index in [0.717, 1.165) is 17.1 Å². The summed E-state index contributed by atoms with van der Waals surface area (Å²) in [5.41, 5.74) is 8.32. The second-order valence-corrected chi connectivity index (χ2v) is 4.35. The van der Waals surface area contributed by atoms with E-state index >= 15 is 0 Å². The summed E-state index contributed by atoms with van der Waals surface area (Å²) in [6, 6.07) is 10.2. The SMILES string of the molecule is Cc1ccc(N)c(N(C)Cc2cccc(F)c2)n1. The number of nitrogen functional groups attached to an aromatic ring is 1. The summed E-state index contributed by atoms with van der Waals surface area (Å²) in [5, 5.41) is 0. The van der Waals surface area contributed by atoms with E-state index in [4.69, 9.17) is 5.73 Å². The molecule has 0 fully saturated rings. The lowest BCUT2D eigenvalue weighted by Gasteiger charge is -2.20. The first-order valence-electron chi connectivity index (χ1n) is 5.75. The molecule has 0 aliphatic rings. The molecule has 0 saturated carbocycles. The fourth-order valence-corrected chi connectivity index (χ4v) is 1.84. The highest BCUT2D eigenvalue weighted by Crippen LogP contribution is 2.21. The minimum Gasteiger partial charge on any atom is -0.396 e. The van der Waals surface area contributed by atoms with Gasteiger partial charge in [-0.3, -0.25) is 0 Å². The Hall–Kier alpha value is -2.10. The lowest BCUT2D eigenvalue weighted by atomic mass is 10.2. The number of nitrogens with two attached hydrogens (primary N) is 1. The average Bonchev–Trinajstić information content (AvgIpc) is 2.32. The van der Waals surface area contributed by atoms with Crippen molar-refractivity contribution in [2.45, 2.75) is 13.5 Å². The van der Waals surface area contributed by atoms with Crippen LogP contribution in [0.1, 0.15) is 11.3 Å². The van der Waals surface area contributed by atoms with Crippen molar-refractivity contribution >= 4 is 11.5 Å². The van der Waals surface area contributed by atoms with E-state index in [9.17, 15) is 4.39 Å². The minimum absolute atomic E-state index is 0.230. The Morgan fingerprint density at radius 3 is 2.78 bits per heavy atom. The first-order valence-corrected chi connectivity index (χ1v) is 5.75. The van der Waals surface area contributed by atoms with Crippen molar-refractivity contribution in [1.82, 2.24) is 4.98 Å². The van der Waals surface area contributed by atoms with E-state index in [2.05, 4.69) is 4.98 Å². The maximum Gasteiger partial charge on any atom is 0.152 e. The number of anilines is 2. The van der Waals surface area contributed by atoms with Crippen LogP contribution in [0.5, 0.6) is 0 Å². The van der Waals surface area contributed by atoms with Crippen LogP contribution in [-0.2, 0) is 6.54 Å². The van der Waals surface area contributed by atoms with E-state index in [1.807, 2.05) is 37.1 Å². The van der Waals surface area contributed by atoms with Crippen molar-refractivity contribution in [1.29, 1.82) is 0 Å². The smallest absolute Gasteiger partial charge is 0.152 e. The normalized spacial score (nSPS) is 10.4. The molecule has 3 nitrogen and oxygen atoms in total. The van der Waals surface area contributed by atoms with Crippen LogP contribution in [0.15, 0.2) is 36.4 Å². The van der Waals surface area contributed by atoms with Gasteiger partial charge in [0, 0.05) is 19.3 Å². The molecule has 0 saturated heterocycles. The predicted molar refractivity (Wildman–Crippen MR) is 71.9 cm³/mol. The Labute approximate surface area is 106 Å². The third-order valence-corrected chi connectivity index (χ3v) is 2.71. The summed E-state index contributed by atoms with van der Waals surface area (Å²) in [7, 11) is 1.89. The lowest BCUT2D eigenvalue weighted by molar-refractivity contribution is 0.625. The number of rotatable bonds is 3. The molecular formula is C14H16FN3. The Kier molecular flexibility index (Phi) is 3.46. The van der Waals surface area contributed by atoms with Gasteiger partial charge < -0.3 is 10.6 Å². The van der Waals surface area contributed by atoms with Crippen LogP contribution in [0.4, 0.5) is 15.9 Å². The van der Waals surface area contributed by atoms with E-state index in [1.165, 1.54) is 12.1 Å². The summed E-state index contributed by atoms with van der Waals surface area (Å²) < 4.78 is 13.1. The maximum atomic E-state index is 13.1. The number of aryl methyl sites for hydroxylation is 1. The fourth-order valence-electron chi connectivity index (χ4n) is 1.84. The van der Waals surface area contributed by atoms with Gasteiger partial charge in [0.05, 0.1) is 5.69 Å². The highest BCUT2D eigenvalue weighted by atomic mass is 19.1. The highest BCUT2D eigenvalue weighted by Gasteiger charge is 2.08. The van der Waals surface area contributed by atoms with Crippen molar-refractivity contribution in [3.05, 3.63) is 53.5 Å². The van der Waals surface area contributed by atoms with E-state index in [0.29, 0.717) is 12.2 Å². The molecule has 94 valence electrons. The molecule has 1 aromatic carbocycles. The summed E-state index contributed by atoms with van der Waals surface area (Å²) in [5.74, 6) is 0.491. The molecule has 2 N–H and O–H groups in total. The fraction of sp³-hybridized carbons (Fsp3) is 0.214. The molecule has 1 aromatic heterocycles. The van der Waals surface area contributed by atoms with Crippen molar-refractivity contribution in [3.63, 3.8) is 0 Å². The van der Waals surface area contributed by atoms with Crippen LogP contribution >= 0.6 is 0 Å². The molecule has 0 radical (unpaired) electrons. The third-order valence-electron chi connectivity index (χ3n) is 2.71. The van der Waals surface area contributed by atoms with Gasteiger partial charge in [0.1, 0.15) is 5.82 Å². The predicted octanol–water partition coefficient (Wildman–Crippen LogP) is 2.75. The van der Waals surface area contributed by atoms with Crippen molar-refractivity contribution < 1.29 is 4.39 Å². The summed E-state index contributed by atoms with van der Waals surface area (Å²) in [6.07, 6.45) is 0. The first-order chi connectivity index (χ1) is 8.56. The Morgan fingerprint density at radius 1 is 1.28 bits per heavy atom. The van der Waals surface area contributed by atoms with Crippen LogP contribution < -0.4 is 10.6 Å². The highest BCUT2D eigenvalue weighted by molar-refractivity contribution is 5.62. The van der Waals surface area contributed by atoms with Crippen LogP contribution in [0.3, 0.4) is 0 Å². The monoisotopic (exact) mass is 245 g/mol. The van der Waals surface area contributed by atoms with Crippen LogP contribution in [0.2, 0.25) is 0 Å². The first kappa shape index (κ1) is 12.4. The lowest BCUT2D eigenvalue weighted by Crippen LogP contribution is -2.19. The number of aromatic nitrogens is 1.